The van der Waals surface area contributed by atoms with Gasteiger partial charge in [0, 0.05) is 11.6 Å². The van der Waals surface area contributed by atoms with Gasteiger partial charge >= 0.3 is 5.97 Å². The van der Waals surface area contributed by atoms with Crippen LogP contribution in [0.2, 0.25) is 0 Å². The number of hydrazone groups is 1. The lowest BCUT2D eigenvalue weighted by Crippen LogP contribution is -2.18. The van der Waals surface area contributed by atoms with Gasteiger partial charge in [-0.2, -0.15) is 5.10 Å². The SMILES string of the molecule is COc1ccc(/C=C/C(=O)Oc2cccc(/C=N\NC(=O)c3cc(OC)c(OC)c(OC)c3)c2)cc1. The van der Waals surface area contributed by atoms with Gasteiger partial charge in [-0.1, -0.05) is 24.3 Å². The molecule has 9 heteroatoms. The summed E-state index contributed by atoms with van der Waals surface area (Å²) in [5, 5.41) is 3.98. The van der Waals surface area contributed by atoms with Crippen molar-refractivity contribution in [2.45, 2.75) is 0 Å². The third-order valence-electron chi connectivity index (χ3n) is 4.91. The Morgan fingerprint density at radius 2 is 1.47 bits per heavy atom. The molecule has 0 aliphatic heterocycles. The number of amides is 1. The van der Waals surface area contributed by atoms with Crippen LogP contribution in [-0.2, 0) is 4.79 Å². The molecule has 0 aliphatic carbocycles. The van der Waals surface area contributed by atoms with E-state index in [2.05, 4.69) is 10.5 Å². The molecule has 0 fully saturated rings. The lowest BCUT2D eigenvalue weighted by atomic mass is 10.1. The number of carbonyl (C=O) groups is 2. The van der Waals surface area contributed by atoms with Gasteiger partial charge in [0.1, 0.15) is 11.5 Å². The minimum absolute atomic E-state index is 0.271. The number of methoxy groups -OCH3 is 4. The molecule has 36 heavy (non-hydrogen) atoms. The van der Waals surface area contributed by atoms with E-state index in [4.69, 9.17) is 23.7 Å². The zero-order valence-corrected chi connectivity index (χ0v) is 20.3. The van der Waals surface area contributed by atoms with Crippen LogP contribution in [-0.4, -0.2) is 46.5 Å². The predicted molar refractivity (Wildman–Crippen MR) is 135 cm³/mol. The summed E-state index contributed by atoms with van der Waals surface area (Å²) >= 11 is 0. The minimum atomic E-state index is -0.532. The van der Waals surface area contributed by atoms with E-state index in [1.807, 2.05) is 12.1 Å². The predicted octanol–water partition coefficient (Wildman–Crippen LogP) is 4.10. The van der Waals surface area contributed by atoms with Crippen molar-refractivity contribution in [1.29, 1.82) is 0 Å². The van der Waals surface area contributed by atoms with Gasteiger partial charge < -0.3 is 23.7 Å². The Hall–Kier alpha value is -4.79. The standard InChI is InChI=1S/C27H26N2O7/c1-32-21-11-8-18(9-12-21)10-13-25(30)36-22-7-5-6-19(14-22)17-28-29-27(31)20-15-23(33-2)26(35-4)24(16-20)34-3/h5-17H,1-4H3,(H,29,31)/b13-10+,28-17-. The van der Waals surface area contributed by atoms with Crippen molar-refractivity contribution >= 4 is 24.2 Å². The van der Waals surface area contributed by atoms with Crippen LogP contribution in [0, 0.1) is 0 Å². The number of carbonyl (C=O) groups excluding carboxylic acids is 2. The van der Waals surface area contributed by atoms with Crippen LogP contribution in [0.4, 0.5) is 0 Å². The Kier molecular flexibility index (Phi) is 9.05. The van der Waals surface area contributed by atoms with E-state index in [0.29, 0.717) is 28.6 Å². The Morgan fingerprint density at radius 3 is 2.08 bits per heavy atom. The van der Waals surface area contributed by atoms with E-state index in [1.54, 1.807) is 49.6 Å². The second kappa shape index (κ2) is 12.6. The first-order valence-corrected chi connectivity index (χ1v) is 10.7. The molecule has 3 rings (SSSR count). The lowest BCUT2D eigenvalue weighted by Gasteiger charge is -2.13. The molecule has 0 bridgehead atoms. The lowest BCUT2D eigenvalue weighted by molar-refractivity contribution is -0.128. The van der Waals surface area contributed by atoms with Gasteiger partial charge in [-0.05, 0) is 53.6 Å². The van der Waals surface area contributed by atoms with Crippen molar-refractivity contribution in [2.24, 2.45) is 5.10 Å². The average Bonchev–Trinajstić information content (AvgIpc) is 2.91. The van der Waals surface area contributed by atoms with Crippen LogP contribution in [0.3, 0.4) is 0 Å². The van der Waals surface area contributed by atoms with E-state index in [0.717, 1.165) is 11.3 Å². The first-order valence-electron chi connectivity index (χ1n) is 10.7. The second-order valence-electron chi connectivity index (χ2n) is 7.21. The van der Waals surface area contributed by atoms with Crippen LogP contribution in [0.5, 0.6) is 28.7 Å². The van der Waals surface area contributed by atoms with E-state index >= 15 is 0 Å². The number of benzene rings is 3. The summed E-state index contributed by atoms with van der Waals surface area (Å²) in [4.78, 5) is 24.7. The number of rotatable bonds is 10. The van der Waals surface area contributed by atoms with E-state index < -0.39 is 11.9 Å². The molecule has 0 saturated carbocycles. The molecule has 3 aromatic rings. The van der Waals surface area contributed by atoms with Gasteiger partial charge in [0.05, 0.1) is 34.7 Å². The molecule has 0 radical (unpaired) electrons. The van der Waals surface area contributed by atoms with Crippen LogP contribution in [0.25, 0.3) is 6.08 Å². The quantitative estimate of drug-likeness (QED) is 0.150. The summed E-state index contributed by atoms with van der Waals surface area (Å²) in [6.07, 6.45) is 4.41. The number of esters is 1. The van der Waals surface area contributed by atoms with Crippen LogP contribution < -0.4 is 29.1 Å². The van der Waals surface area contributed by atoms with Crippen LogP contribution in [0.1, 0.15) is 21.5 Å². The van der Waals surface area contributed by atoms with Gasteiger partial charge in [-0.25, -0.2) is 10.2 Å². The van der Waals surface area contributed by atoms with Crippen molar-refractivity contribution in [2.75, 3.05) is 28.4 Å². The number of hydrogen-bond donors (Lipinski definition) is 1. The van der Waals surface area contributed by atoms with Crippen molar-refractivity contribution < 1.29 is 33.3 Å². The molecular weight excluding hydrogens is 464 g/mol. The maximum absolute atomic E-state index is 12.5. The van der Waals surface area contributed by atoms with E-state index in [-0.39, 0.29) is 5.56 Å². The fourth-order valence-corrected chi connectivity index (χ4v) is 3.13. The molecule has 186 valence electrons. The van der Waals surface area contributed by atoms with Gasteiger partial charge in [0.25, 0.3) is 5.91 Å². The summed E-state index contributed by atoms with van der Waals surface area (Å²) in [7, 11) is 6.00. The molecule has 1 N–H and O–H groups in total. The fourth-order valence-electron chi connectivity index (χ4n) is 3.13. The number of nitrogens with one attached hydrogen (secondary N) is 1. The molecule has 0 aromatic heterocycles. The molecule has 0 unspecified atom stereocenters. The second-order valence-corrected chi connectivity index (χ2v) is 7.21. The van der Waals surface area contributed by atoms with Crippen molar-refractivity contribution in [3.05, 3.63) is 83.4 Å². The molecule has 0 saturated heterocycles. The highest BCUT2D eigenvalue weighted by Crippen LogP contribution is 2.38. The van der Waals surface area contributed by atoms with Gasteiger partial charge in [0.15, 0.2) is 11.5 Å². The summed E-state index contributed by atoms with van der Waals surface area (Å²) < 4.78 is 26.3. The molecule has 0 heterocycles. The number of hydrogen-bond acceptors (Lipinski definition) is 8. The third kappa shape index (κ3) is 6.86. The zero-order valence-electron chi connectivity index (χ0n) is 20.3. The normalized spacial score (nSPS) is 10.8. The fraction of sp³-hybridized carbons (Fsp3) is 0.148. The largest absolute Gasteiger partial charge is 0.497 e. The molecule has 0 aliphatic rings. The Morgan fingerprint density at radius 1 is 0.778 bits per heavy atom. The van der Waals surface area contributed by atoms with E-state index in [1.165, 1.54) is 45.8 Å². The Labute approximate surface area is 208 Å². The topological polar surface area (TPSA) is 105 Å². The average molecular weight is 491 g/mol. The van der Waals surface area contributed by atoms with Crippen molar-refractivity contribution in [3.8, 4) is 28.7 Å². The van der Waals surface area contributed by atoms with Gasteiger partial charge in [-0.3, -0.25) is 4.79 Å². The highest BCUT2D eigenvalue weighted by molar-refractivity contribution is 5.96. The summed E-state index contributed by atoms with van der Waals surface area (Å²) in [5.74, 6) is 1.13. The van der Waals surface area contributed by atoms with Gasteiger partial charge in [0.2, 0.25) is 5.75 Å². The van der Waals surface area contributed by atoms with Crippen molar-refractivity contribution in [1.82, 2.24) is 5.43 Å². The molecular formula is C27H26N2O7. The third-order valence-corrected chi connectivity index (χ3v) is 4.91. The van der Waals surface area contributed by atoms with Crippen LogP contribution in [0.15, 0.2) is 71.8 Å². The highest BCUT2D eigenvalue weighted by Gasteiger charge is 2.16. The summed E-state index contributed by atoms with van der Waals surface area (Å²) in [6, 6.07) is 17.0. The maximum atomic E-state index is 12.5. The monoisotopic (exact) mass is 490 g/mol. The molecule has 0 atom stereocenters. The van der Waals surface area contributed by atoms with Crippen molar-refractivity contribution in [3.63, 3.8) is 0 Å². The van der Waals surface area contributed by atoms with E-state index in [9.17, 15) is 9.59 Å². The maximum Gasteiger partial charge on any atom is 0.336 e. The smallest absolute Gasteiger partial charge is 0.336 e. The Balaban J connectivity index is 1.61. The highest BCUT2D eigenvalue weighted by atomic mass is 16.5. The summed E-state index contributed by atoms with van der Waals surface area (Å²) in [5.41, 5.74) is 4.16. The molecule has 9 nitrogen and oxygen atoms in total. The molecule has 3 aromatic carbocycles. The minimum Gasteiger partial charge on any atom is -0.497 e. The molecule has 0 spiro atoms. The summed E-state index contributed by atoms with van der Waals surface area (Å²) in [6.45, 7) is 0. The first-order chi connectivity index (χ1) is 17.5. The first kappa shape index (κ1) is 25.8. The zero-order chi connectivity index (χ0) is 25.9. The Bertz CT molecular complexity index is 1240. The molecule has 1 amide bonds. The number of ether oxygens (including phenoxy) is 5. The van der Waals surface area contributed by atoms with Gasteiger partial charge in [-0.15, -0.1) is 0 Å². The van der Waals surface area contributed by atoms with Crippen LogP contribution >= 0.6 is 0 Å². The number of nitrogens with zero attached hydrogens (tertiary/aromatic N) is 1.